The summed E-state index contributed by atoms with van der Waals surface area (Å²) in [5.41, 5.74) is 0. The summed E-state index contributed by atoms with van der Waals surface area (Å²) in [5, 5.41) is 0. The van der Waals surface area contributed by atoms with Gasteiger partial charge < -0.3 is 6.92 Å². The topological polar surface area (TPSA) is 0 Å². The second kappa shape index (κ2) is 17.7. The quantitative estimate of drug-likeness (QED) is 0.216. The average Bonchev–Trinajstić information content (AvgIpc) is 2.26. The molecule has 0 fully saturated rings. The van der Waals surface area contributed by atoms with Gasteiger partial charge in [-0.3, -0.25) is 0 Å². The maximum absolute atomic E-state index is 3.85. The van der Waals surface area contributed by atoms with E-state index in [1.165, 1.54) is 64.2 Å². The first-order chi connectivity index (χ1) is 7.41. The van der Waals surface area contributed by atoms with Gasteiger partial charge >= 0.3 is 18.9 Å². The molecule has 0 aromatic heterocycles. The van der Waals surface area contributed by atoms with E-state index in [-0.39, 0.29) is 18.9 Å². The van der Waals surface area contributed by atoms with Crippen LogP contribution in [0.15, 0.2) is 12.2 Å². The van der Waals surface area contributed by atoms with Gasteiger partial charge in [0.15, 0.2) is 0 Å². The van der Waals surface area contributed by atoms with E-state index >= 15 is 0 Å². The molecular formula is C15H29Li. The maximum atomic E-state index is 3.85. The largest absolute Gasteiger partial charge is 1.00 e. The Labute approximate surface area is 115 Å². The molecule has 0 rings (SSSR count). The van der Waals surface area contributed by atoms with E-state index in [1.54, 1.807) is 0 Å². The summed E-state index contributed by atoms with van der Waals surface area (Å²) in [6, 6.07) is 0. The van der Waals surface area contributed by atoms with E-state index in [1.807, 2.05) is 0 Å². The molecule has 0 aromatic rings. The van der Waals surface area contributed by atoms with Crippen molar-refractivity contribution >= 4 is 0 Å². The van der Waals surface area contributed by atoms with Crippen molar-refractivity contribution in [1.82, 2.24) is 0 Å². The minimum Gasteiger partial charge on any atom is -0.343 e. The number of allylic oxidation sites excluding steroid dienone is 2. The molecule has 0 saturated carbocycles. The normalized spacial score (nSPS) is 10.6. The zero-order valence-corrected chi connectivity index (χ0v) is 11.6. The van der Waals surface area contributed by atoms with Crippen LogP contribution in [0.1, 0.15) is 77.6 Å². The third-order valence-corrected chi connectivity index (χ3v) is 2.76. The van der Waals surface area contributed by atoms with Crippen LogP contribution in [-0.2, 0) is 0 Å². The predicted molar refractivity (Wildman–Crippen MR) is 71.0 cm³/mol. The number of hydrogen-bond acceptors (Lipinski definition) is 0. The van der Waals surface area contributed by atoms with Crippen LogP contribution in [0.2, 0.25) is 0 Å². The van der Waals surface area contributed by atoms with Gasteiger partial charge in [0.2, 0.25) is 0 Å². The van der Waals surface area contributed by atoms with Crippen LogP contribution in [0.4, 0.5) is 0 Å². The first kappa shape index (κ1) is 18.7. The molecule has 0 unspecified atom stereocenters. The number of rotatable bonds is 11. The molecule has 16 heavy (non-hydrogen) atoms. The minimum absolute atomic E-state index is 0. The van der Waals surface area contributed by atoms with Crippen molar-refractivity contribution in [3.8, 4) is 0 Å². The van der Waals surface area contributed by atoms with Gasteiger partial charge in [0.25, 0.3) is 0 Å². The summed E-state index contributed by atoms with van der Waals surface area (Å²) < 4.78 is 0. The van der Waals surface area contributed by atoms with Crippen molar-refractivity contribution in [2.75, 3.05) is 0 Å². The van der Waals surface area contributed by atoms with Crippen LogP contribution < -0.4 is 18.9 Å². The fourth-order valence-electron chi connectivity index (χ4n) is 1.72. The van der Waals surface area contributed by atoms with Crippen molar-refractivity contribution in [2.24, 2.45) is 0 Å². The van der Waals surface area contributed by atoms with Gasteiger partial charge in [-0.1, -0.05) is 57.6 Å². The van der Waals surface area contributed by atoms with Crippen molar-refractivity contribution in [3.63, 3.8) is 0 Å². The molecule has 0 aromatic carbocycles. The van der Waals surface area contributed by atoms with Crippen LogP contribution in [0.3, 0.4) is 0 Å². The third-order valence-electron chi connectivity index (χ3n) is 2.76. The van der Waals surface area contributed by atoms with Gasteiger partial charge in [0.1, 0.15) is 0 Å². The summed E-state index contributed by atoms with van der Waals surface area (Å²) in [6.45, 7) is 6.12. The first-order valence-electron chi connectivity index (χ1n) is 6.86. The summed E-state index contributed by atoms with van der Waals surface area (Å²) >= 11 is 0. The third kappa shape index (κ3) is 16.8. The predicted octanol–water partition coefficient (Wildman–Crippen LogP) is 2.69. The second-order valence-corrected chi connectivity index (χ2v) is 4.38. The van der Waals surface area contributed by atoms with Gasteiger partial charge in [0.05, 0.1) is 0 Å². The van der Waals surface area contributed by atoms with Crippen molar-refractivity contribution < 1.29 is 18.9 Å². The number of hydrogen-bond donors (Lipinski definition) is 0. The molecule has 0 N–H and O–H groups in total. The van der Waals surface area contributed by atoms with Crippen LogP contribution >= 0.6 is 0 Å². The molecule has 0 aliphatic rings. The smallest absolute Gasteiger partial charge is 0.343 e. The van der Waals surface area contributed by atoms with Crippen LogP contribution in [0, 0.1) is 6.92 Å². The van der Waals surface area contributed by atoms with Crippen LogP contribution in [0.5, 0.6) is 0 Å². The van der Waals surface area contributed by atoms with E-state index in [0.29, 0.717) is 0 Å². The van der Waals surface area contributed by atoms with Gasteiger partial charge in [-0.2, -0.15) is 6.42 Å². The molecule has 0 bridgehead atoms. The van der Waals surface area contributed by atoms with Crippen molar-refractivity contribution in [3.05, 3.63) is 19.1 Å². The Morgan fingerprint density at radius 2 is 1.25 bits per heavy atom. The Morgan fingerprint density at radius 1 is 0.750 bits per heavy atom. The first-order valence-corrected chi connectivity index (χ1v) is 6.86. The molecule has 1 heteroatoms. The molecular weight excluding hydrogens is 187 g/mol. The van der Waals surface area contributed by atoms with E-state index in [4.69, 9.17) is 0 Å². The average molecular weight is 216 g/mol. The zero-order valence-electron chi connectivity index (χ0n) is 11.6. The Kier molecular flexibility index (Phi) is 20.7. The minimum atomic E-state index is 0. The van der Waals surface area contributed by atoms with Gasteiger partial charge in [0, 0.05) is 0 Å². The fourth-order valence-corrected chi connectivity index (χ4v) is 1.72. The van der Waals surface area contributed by atoms with E-state index < -0.39 is 0 Å². The second-order valence-electron chi connectivity index (χ2n) is 4.38. The van der Waals surface area contributed by atoms with Crippen LogP contribution in [-0.4, -0.2) is 0 Å². The van der Waals surface area contributed by atoms with Crippen molar-refractivity contribution in [1.29, 1.82) is 0 Å². The summed E-state index contributed by atoms with van der Waals surface area (Å²) in [6.07, 6.45) is 19.4. The zero-order chi connectivity index (χ0) is 11.2. The Morgan fingerprint density at radius 3 is 1.75 bits per heavy atom. The van der Waals surface area contributed by atoms with Crippen LogP contribution in [0.25, 0.3) is 0 Å². The summed E-state index contributed by atoms with van der Waals surface area (Å²) in [4.78, 5) is 0. The molecule has 0 amide bonds. The van der Waals surface area contributed by atoms with Gasteiger partial charge in [-0.05, 0) is 25.7 Å². The van der Waals surface area contributed by atoms with Gasteiger partial charge in [-0.15, -0.1) is 0 Å². The Hall–Kier alpha value is 0.337. The fraction of sp³-hybridized carbons (Fsp3) is 0.800. The maximum Gasteiger partial charge on any atom is 1.00 e. The molecule has 0 aliphatic heterocycles. The molecule has 90 valence electrons. The van der Waals surface area contributed by atoms with Crippen molar-refractivity contribution in [2.45, 2.75) is 77.6 Å². The van der Waals surface area contributed by atoms with Gasteiger partial charge in [-0.25, -0.2) is 0 Å². The molecule has 0 radical (unpaired) electrons. The summed E-state index contributed by atoms with van der Waals surface area (Å²) in [7, 11) is 0. The summed E-state index contributed by atoms with van der Waals surface area (Å²) in [5.74, 6) is 0. The van der Waals surface area contributed by atoms with E-state index in [2.05, 4.69) is 26.0 Å². The SMILES string of the molecule is [CH2-]CCCCCC/C=C\CCCCCC.[Li+]. The number of unbranched alkanes of at least 4 members (excludes halogenated alkanes) is 9. The molecule has 0 nitrogen and oxygen atoms in total. The Bertz CT molecular complexity index is 129. The van der Waals surface area contributed by atoms with E-state index in [9.17, 15) is 0 Å². The molecule has 0 saturated heterocycles. The molecule has 0 aliphatic carbocycles. The monoisotopic (exact) mass is 216 g/mol. The molecule has 0 atom stereocenters. The standard InChI is InChI=1S/C15H29.Li/c1-3-5-7-9-11-13-15-14-12-10-8-6-4-2;/h14-15H,1,3-13H2,2H3;/q-1;+1/b15-14-;. The molecule has 0 spiro atoms. The van der Waals surface area contributed by atoms with E-state index in [0.717, 1.165) is 6.42 Å². The Balaban J connectivity index is 0. The molecule has 0 heterocycles.